The predicted molar refractivity (Wildman–Crippen MR) is 31.6 cm³/mol. The van der Waals surface area contributed by atoms with Crippen LogP contribution >= 0.6 is 12.6 Å². The number of rotatable bonds is 1. The van der Waals surface area contributed by atoms with Crippen LogP contribution in [0.2, 0.25) is 0 Å². The van der Waals surface area contributed by atoms with Crippen molar-refractivity contribution in [2.75, 3.05) is 5.75 Å². The van der Waals surface area contributed by atoms with E-state index in [1.165, 1.54) is 0 Å². The molecule has 1 unspecified atom stereocenters. The molecule has 0 aliphatic heterocycles. The maximum Gasteiger partial charge on any atom is 0.136 e. The van der Waals surface area contributed by atoms with Crippen molar-refractivity contribution in [3.63, 3.8) is 0 Å². The second-order valence-corrected chi connectivity index (χ2v) is 2.25. The quantitative estimate of drug-likeness (QED) is 0.503. The standard InChI is InChI=1S/C5H8OS/c6-5-2-1-4(5)3-7/h4,7H,1-3H2. The highest BCUT2D eigenvalue weighted by molar-refractivity contribution is 7.80. The molecule has 1 aliphatic rings. The van der Waals surface area contributed by atoms with Crippen molar-refractivity contribution < 1.29 is 4.79 Å². The van der Waals surface area contributed by atoms with Gasteiger partial charge in [0.2, 0.25) is 0 Å². The minimum atomic E-state index is 0.309. The second-order valence-electron chi connectivity index (χ2n) is 1.88. The van der Waals surface area contributed by atoms with Crippen molar-refractivity contribution in [1.29, 1.82) is 0 Å². The Hall–Kier alpha value is 0.0200. The van der Waals surface area contributed by atoms with Gasteiger partial charge in [-0.2, -0.15) is 12.6 Å². The van der Waals surface area contributed by atoms with Gasteiger partial charge in [0.05, 0.1) is 0 Å². The average Bonchev–Trinajstić information content (AvgIpc) is 1.65. The van der Waals surface area contributed by atoms with Gasteiger partial charge in [-0.3, -0.25) is 4.79 Å². The third kappa shape index (κ3) is 0.801. The van der Waals surface area contributed by atoms with Crippen molar-refractivity contribution in [2.45, 2.75) is 12.8 Å². The van der Waals surface area contributed by atoms with Crippen LogP contribution in [0.1, 0.15) is 12.8 Å². The molecule has 1 atom stereocenters. The van der Waals surface area contributed by atoms with E-state index in [-0.39, 0.29) is 0 Å². The Morgan fingerprint density at radius 3 is 2.57 bits per heavy atom. The van der Waals surface area contributed by atoms with Gasteiger partial charge in [-0.15, -0.1) is 0 Å². The molecule has 0 heterocycles. The topological polar surface area (TPSA) is 17.1 Å². The Balaban J connectivity index is 2.29. The summed E-state index contributed by atoms with van der Waals surface area (Å²) in [5.41, 5.74) is 0. The molecule has 7 heavy (non-hydrogen) atoms. The van der Waals surface area contributed by atoms with E-state index in [1.807, 2.05) is 0 Å². The van der Waals surface area contributed by atoms with Gasteiger partial charge in [0, 0.05) is 12.3 Å². The van der Waals surface area contributed by atoms with Gasteiger partial charge in [0.15, 0.2) is 0 Å². The lowest BCUT2D eigenvalue weighted by Crippen LogP contribution is -2.26. The molecule has 0 amide bonds. The number of hydrogen-bond acceptors (Lipinski definition) is 2. The molecule has 1 rings (SSSR count). The Kier molecular flexibility index (Phi) is 1.38. The zero-order valence-electron chi connectivity index (χ0n) is 4.05. The smallest absolute Gasteiger partial charge is 0.136 e. The highest BCUT2D eigenvalue weighted by Gasteiger charge is 2.25. The molecule has 0 aromatic carbocycles. The van der Waals surface area contributed by atoms with Crippen LogP contribution in [0.3, 0.4) is 0 Å². The van der Waals surface area contributed by atoms with Gasteiger partial charge in [-0.25, -0.2) is 0 Å². The summed E-state index contributed by atoms with van der Waals surface area (Å²) < 4.78 is 0. The number of carbonyl (C=O) groups excluding carboxylic acids is 1. The largest absolute Gasteiger partial charge is 0.299 e. The lowest BCUT2D eigenvalue weighted by atomic mass is 9.86. The van der Waals surface area contributed by atoms with Gasteiger partial charge in [-0.1, -0.05) is 0 Å². The van der Waals surface area contributed by atoms with Crippen LogP contribution in [0.4, 0.5) is 0 Å². The molecular weight excluding hydrogens is 108 g/mol. The van der Waals surface area contributed by atoms with Crippen LogP contribution in [0.15, 0.2) is 0 Å². The van der Waals surface area contributed by atoms with E-state index in [9.17, 15) is 4.79 Å². The first-order valence-corrected chi connectivity index (χ1v) is 3.11. The SMILES string of the molecule is O=C1CCC1CS. The summed E-state index contributed by atoms with van der Waals surface area (Å²) >= 11 is 3.99. The Morgan fingerprint density at radius 1 is 1.86 bits per heavy atom. The van der Waals surface area contributed by atoms with Gasteiger partial charge >= 0.3 is 0 Å². The van der Waals surface area contributed by atoms with Crippen LogP contribution in [-0.2, 0) is 4.79 Å². The summed E-state index contributed by atoms with van der Waals surface area (Å²) in [5, 5.41) is 0. The first kappa shape index (κ1) is 5.16. The summed E-state index contributed by atoms with van der Waals surface area (Å²) in [5.74, 6) is 1.46. The number of hydrogen-bond donors (Lipinski definition) is 1. The molecule has 0 spiro atoms. The molecule has 1 fully saturated rings. The highest BCUT2D eigenvalue weighted by Crippen LogP contribution is 2.22. The summed E-state index contributed by atoms with van der Waals surface area (Å²) in [4.78, 5) is 10.4. The van der Waals surface area contributed by atoms with Crippen LogP contribution < -0.4 is 0 Å². The summed E-state index contributed by atoms with van der Waals surface area (Å²) in [6.45, 7) is 0. The molecule has 0 bridgehead atoms. The van der Waals surface area contributed by atoms with E-state index in [0.717, 1.165) is 18.6 Å². The normalized spacial score (nSPS) is 29.9. The fraction of sp³-hybridized carbons (Fsp3) is 0.800. The Labute approximate surface area is 48.5 Å². The third-order valence-corrected chi connectivity index (χ3v) is 1.86. The van der Waals surface area contributed by atoms with Crippen LogP contribution in [-0.4, -0.2) is 11.5 Å². The van der Waals surface area contributed by atoms with Crippen molar-refractivity contribution in [3.05, 3.63) is 0 Å². The van der Waals surface area contributed by atoms with E-state index in [4.69, 9.17) is 0 Å². The zero-order chi connectivity index (χ0) is 5.28. The lowest BCUT2D eigenvalue weighted by Gasteiger charge is -2.20. The van der Waals surface area contributed by atoms with Gasteiger partial charge in [-0.05, 0) is 12.2 Å². The molecular formula is C5H8OS. The maximum absolute atomic E-state index is 10.4. The fourth-order valence-electron chi connectivity index (χ4n) is 0.659. The molecule has 1 aliphatic carbocycles. The monoisotopic (exact) mass is 116 g/mol. The first-order chi connectivity index (χ1) is 3.34. The molecule has 0 aromatic heterocycles. The first-order valence-electron chi connectivity index (χ1n) is 2.48. The Bertz CT molecular complexity index is 88.1. The van der Waals surface area contributed by atoms with E-state index in [0.29, 0.717) is 11.7 Å². The summed E-state index contributed by atoms with van der Waals surface area (Å²) in [7, 11) is 0. The molecule has 0 N–H and O–H groups in total. The van der Waals surface area contributed by atoms with Crippen LogP contribution in [0.25, 0.3) is 0 Å². The zero-order valence-corrected chi connectivity index (χ0v) is 4.95. The minimum Gasteiger partial charge on any atom is -0.299 e. The van der Waals surface area contributed by atoms with Crippen molar-refractivity contribution in [1.82, 2.24) is 0 Å². The van der Waals surface area contributed by atoms with Gasteiger partial charge in [0.1, 0.15) is 5.78 Å². The fourth-order valence-corrected chi connectivity index (χ4v) is 1.05. The van der Waals surface area contributed by atoms with Crippen LogP contribution in [0, 0.1) is 5.92 Å². The highest BCUT2D eigenvalue weighted by atomic mass is 32.1. The number of ketones is 1. The van der Waals surface area contributed by atoms with Gasteiger partial charge in [0.25, 0.3) is 0 Å². The molecule has 1 saturated carbocycles. The molecule has 1 nitrogen and oxygen atoms in total. The van der Waals surface area contributed by atoms with Crippen molar-refractivity contribution in [3.8, 4) is 0 Å². The number of thiol groups is 1. The molecule has 0 saturated heterocycles. The van der Waals surface area contributed by atoms with E-state index >= 15 is 0 Å². The Morgan fingerprint density at radius 2 is 2.57 bits per heavy atom. The predicted octanol–water partition coefficient (Wildman–Crippen LogP) is 0.895. The van der Waals surface area contributed by atoms with Crippen molar-refractivity contribution in [2.24, 2.45) is 5.92 Å². The molecule has 2 heteroatoms. The lowest BCUT2D eigenvalue weighted by molar-refractivity contribution is -0.128. The third-order valence-electron chi connectivity index (χ3n) is 1.41. The average molecular weight is 116 g/mol. The van der Waals surface area contributed by atoms with Crippen molar-refractivity contribution >= 4 is 18.4 Å². The number of Topliss-reactive ketones (excluding diaryl/α,β-unsaturated/α-hetero) is 1. The molecule has 0 radical (unpaired) electrons. The molecule has 0 aromatic rings. The van der Waals surface area contributed by atoms with E-state index in [1.54, 1.807) is 0 Å². The van der Waals surface area contributed by atoms with Gasteiger partial charge < -0.3 is 0 Å². The van der Waals surface area contributed by atoms with E-state index < -0.39 is 0 Å². The minimum absolute atomic E-state index is 0.309. The van der Waals surface area contributed by atoms with E-state index in [2.05, 4.69) is 12.6 Å². The summed E-state index contributed by atoms with van der Waals surface area (Å²) in [6, 6.07) is 0. The molecule has 40 valence electrons. The van der Waals surface area contributed by atoms with Crippen LogP contribution in [0.5, 0.6) is 0 Å². The second kappa shape index (κ2) is 1.86. The summed E-state index contributed by atoms with van der Waals surface area (Å²) in [6.07, 6.45) is 1.87. The maximum atomic E-state index is 10.4. The number of carbonyl (C=O) groups is 1.